The van der Waals surface area contributed by atoms with Gasteiger partial charge in [0.15, 0.2) is 12.0 Å². The van der Waals surface area contributed by atoms with Gasteiger partial charge < -0.3 is 9.84 Å². The number of pyridine rings is 1. The quantitative estimate of drug-likeness (QED) is 0.406. The van der Waals surface area contributed by atoms with Crippen LogP contribution in [0.4, 0.5) is 5.69 Å². The number of ether oxygens (including phenoxy) is 1. The molecular formula is C25H28N6O4S. The second kappa shape index (κ2) is 8.68. The molecule has 1 unspecified atom stereocenters. The molecule has 0 amide bonds. The molecule has 4 heterocycles. The van der Waals surface area contributed by atoms with Gasteiger partial charge in [-0.15, -0.1) is 0 Å². The van der Waals surface area contributed by atoms with E-state index in [-0.39, 0.29) is 11.1 Å². The zero-order valence-electron chi connectivity index (χ0n) is 20.0. The Balaban J connectivity index is 1.30. The van der Waals surface area contributed by atoms with E-state index in [1.807, 2.05) is 23.7 Å². The summed E-state index contributed by atoms with van der Waals surface area (Å²) in [5.41, 5.74) is 1.92. The first-order chi connectivity index (χ1) is 17.3. The average molecular weight is 509 g/mol. The summed E-state index contributed by atoms with van der Waals surface area (Å²) in [5, 5.41) is 20.3. The molecular weight excluding hydrogens is 480 g/mol. The second-order valence-electron chi connectivity index (χ2n) is 9.56. The van der Waals surface area contributed by atoms with Crippen LogP contribution in [-0.2, 0) is 20.4 Å². The van der Waals surface area contributed by atoms with Crippen LogP contribution in [-0.4, -0.2) is 44.7 Å². The Kier molecular flexibility index (Phi) is 5.58. The number of anilines is 1. The summed E-state index contributed by atoms with van der Waals surface area (Å²) in [6, 6.07) is 9.01. The van der Waals surface area contributed by atoms with Crippen LogP contribution in [0.1, 0.15) is 56.0 Å². The standard InChI is InChI=1S/C25H28N6O4S/c1-17-24-20(6-4-7-21(24)31(28-17)23-8-2-3-13-35-23)29-36(33,34)19-15-27-30(16-19)22-14-18(9-12-26-22)25(32)10-5-11-25/h4,6-7,9,12,14-16,23,29,32H,2-3,5,8,10-11,13H2,1H3. The predicted octanol–water partition coefficient (Wildman–Crippen LogP) is 3.80. The van der Waals surface area contributed by atoms with Gasteiger partial charge >= 0.3 is 0 Å². The van der Waals surface area contributed by atoms with Gasteiger partial charge in [0.05, 0.1) is 34.9 Å². The molecule has 188 valence electrons. The molecule has 2 fully saturated rings. The Morgan fingerprint density at radius 3 is 2.81 bits per heavy atom. The SMILES string of the molecule is Cc1nn(C2CCCCO2)c2cccc(NS(=O)(=O)c3cnn(-c4cc(C5(O)CCC5)ccn4)c3)c12. The number of aryl methyl sites for hydroxylation is 1. The van der Waals surface area contributed by atoms with Gasteiger partial charge in [-0.2, -0.15) is 10.2 Å². The normalized spacial score (nSPS) is 19.8. The molecule has 4 aromatic rings. The Morgan fingerprint density at radius 1 is 1.19 bits per heavy atom. The van der Waals surface area contributed by atoms with E-state index in [4.69, 9.17) is 4.74 Å². The number of rotatable bonds is 6. The van der Waals surface area contributed by atoms with Gasteiger partial charge in [0, 0.05) is 18.2 Å². The summed E-state index contributed by atoms with van der Waals surface area (Å²) in [6.45, 7) is 2.56. The molecule has 2 aliphatic rings. The van der Waals surface area contributed by atoms with Gasteiger partial charge in [-0.05, 0) is 75.3 Å². The van der Waals surface area contributed by atoms with Crippen molar-refractivity contribution in [2.45, 2.75) is 62.2 Å². The van der Waals surface area contributed by atoms with Crippen LogP contribution >= 0.6 is 0 Å². The molecule has 1 saturated carbocycles. The Morgan fingerprint density at radius 2 is 2.06 bits per heavy atom. The molecule has 1 aliphatic carbocycles. The van der Waals surface area contributed by atoms with E-state index in [2.05, 4.69) is 19.9 Å². The molecule has 2 N–H and O–H groups in total. The Hall–Kier alpha value is -3.28. The van der Waals surface area contributed by atoms with Crippen LogP contribution in [0.5, 0.6) is 0 Å². The number of nitrogens with one attached hydrogen (secondary N) is 1. The van der Waals surface area contributed by atoms with Gasteiger partial charge in [0.1, 0.15) is 4.90 Å². The maximum Gasteiger partial charge on any atom is 0.265 e. The summed E-state index contributed by atoms with van der Waals surface area (Å²) in [5.74, 6) is 0.445. The first-order valence-electron chi connectivity index (χ1n) is 12.2. The monoisotopic (exact) mass is 508 g/mol. The van der Waals surface area contributed by atoms with Crippen molar-refractivity contribution in [2.75, 3.05) is 11.3 Å². The number of hydrogen-bond donors (Lipinski definition) is 2. The lowest BCUT2D eigenvalue weighted by atomic mass is 9.75. The first kappa shape index (κ1) is 23.1. The van der Waals surface area contributed by atoms with Crippen molar-refractivity contribution in [3.05, 3.63) is 60.2 Å². The zero-order chi connectivity index (χ0) is 24.9. The fourth-order valence-corrected chi connectivity index (χ4v) is 6.01. The van der Waals surface area contributed by atoms with E-state index in [0.717, 1.165) is 47.8 Å². The highest BCUT2D eigenvalue weighted by molar-refractivity contribution is 7.92. The molecule has 36 heavy (non-hydrogen) atoms. The van der Waals surface area contributed by atoms with Crippen molar-refractivity contribution in [1.29, 1.82) is 0 Å². The van der Waals surface area contributed by atoms with Gasteiger partial charge in [0.25, 0.3) is 10.0 Å². The van der Waals surface area contributed by atoms with Crippen LogP contribution in [0.2, 0.25) is 0 Å². The maximum atomic E-state index is 13.3. The van der Waals surface area contributed by atoms with Crippen molar-refractivity contribution >= 4 is 26.6 Å². The number of fused-ring (bicyclic) bond motifs is 1. The van der Waals surface area contributed by atoms with E-state index in [9.17, 15) is 13.5 Å². The smallest absolute Gasteiger partial charge is 0.265 e. The van der Waals surface area contributed by atoms with E-state index in [1.54, 1.807) is 24.4 Å². The van der Waals surface area contributed by atoms with Crippen LogP contribution < -0.4 is 4.72 Å². The van der Waals surface area contributed by atoms with Gasteiger partial charge in [0.2, 0.25) is 0 Å². The van der Waals surface area contributed by atoms with Crippen LogP contribution in [0.15, 0.2) is 53.8 Å². The third kappa shape index (κ3) is 3.97. The number of aromatic nitrogens is 5. The molecule has 1 aromatic carbocycles. The molecule has 1 saturated heterocycles. The molecule has 0 radical (unpaired) electrons. The first-order valence-corrected chi connectivity index (χ1v) is 13.7. The predicted molar refractivity (Wildman–Crippen MR) is 133 cm³/mol. The van der Waals surface area contributed by atoms with Crippen molar-refractivity contribution in [2.24, 2.45) is 0 Å². The third-order valence-corrected chi connectivity index (χ3v) is 8.47. The Labute approximate surface area is 209 Å². The largest absolute Gasteiger partial charge is 0.385 e. The van der Waals surface area contributed by atoms with Crippen molar-refractivity contribution < 1.29 is 18.3 Å². The topological polar surface area (TPSA) is 124 Å². The highest BCUT2D eigenvalue weighted by atomic mass is 32.2. The second-order valence-corrected chi connectivity index (χ2v) is 11.2. The highest BCUT2D eigenvalue weighted by Crippen LogP contribution is 2.41. The molecule has 0 spiro atoms. The lowest BCUT2D eigenvalue weighted by molar-refractivity contribution is -0.0388. The van der Waals surface area contributed by atoms with Crippen molar-refractivity contribution in [3.8, 4) is 5.82 Å². The minimum Gasteiger partial charge on any atom is -0.385 e. The van der Waals surface area contributed by atoms with E-state index >= 15 is 0 Å². The fraction of sp³-hybridized carbons (Fsp3) is 0.400. The Bertz CT molecular complexity index is 1530. The highest BCUT2D eigenvalue weighted by Gasteiger charge is 2.36. The lowest BCUT2D eigenvalue weighted by Crippen LogP contribution is -2.33. The fourth-order valence-electron chi connectivity index (χ4n) is 5.01. The minimum atomic E-state index is -3.94. The molecule has 6 rings (SSSR count). The van der Waals surface area contributed by atoms with Crippen LogP contribution in [0, 0.1) is 6.92 Å². The lowest BCUT2D eigenvalue weighted by Gasteiger charge is -2.37. The summed E-state index contributed by atoms with van der Waals surface area (Å²) in [6.07, 6.45) is 9.52. The zero-order valence-corrected chi connectivity index (χ0v) is 20.8. The molecule has 0 bridgehead atoms. The number of sulfonamides is 1. The van der Waals surface area contributed by atoms with Crippen LogP contribution in [0.3, 0.4) is 0 Å². The van der Waals surface area contributed by atoms with Gasteiger partial charge in [-0.1, -0.05) is 6.07 Å². The van der Waals surface area contributed by atoms with Gasteiger partial charge in [-0.25, -0.2) is 22.8 Å². The minimum absolute atomic E-state index is 0.00900. The molecule has 11 heteroatoms. The van der Waals surface area contributed by atoms with Crippen LogP contribution in [0.25, 0.3) is 16.7 Å². The summed E-state index contributed by atoms with van der Waals surface area (Å²) in [4.78, 5) is 4.32. The molecule has 3 aromatic heterocycles. The number of aliphatic hydroxyl groups is 1. The summed E-state index contributed by atoms with van der Waals surface area (Å²) < 4.78 is 38.5. The van der Waals surface area contributed by atoms with Crippen molar-refractivity contribution in [1.82, 2.24) is 24.5 Å². The number of hydrogen-bond acceptors (Lipinski definition) is 7. The molecule has 1 atom stereocenters. The molecule has 10 nitrogen and oxygen atoms in total. The average Bonchev–Trinajstić information content (AvgIpc) is 3.50. The van der Waals surface area contributed by atoms with Crippen molar-refractivity contribution in [3.63, 3.8) is 0 Å². The molecule has 1 aliphatic heterocycles. The third-order valence-electron chi connectivity index (χ3n) is 7.15. The maximum absolute atomic E-state index is 13.3. The van der Waals surface area contributed by atoms with Gasteiger partial charge in [-0.3, -0.25) is 4.72 Å². The number of nitrogens with zero attached hydrogens (tertiary/aromatic N) is 5. The summed E-state index contributed by atoms with van der Waals surface area (Å²) in [7, 11) is -3.94. The summed E-state index contributed by atoms with van der Waals surface area (Å²) >= 11 is 0. The van der Waals surface area contributed by atoms with E-state index in [0.29, 0.717) is 31.0 Å². The number of benzene rings is 1. The van der Waals surface area contributed by atoms with E-state index < -0.39 is 15.6 Å². The van der Waals surface area contributed by atoms with E-state index in [1.165, 1.54) is 17.1 Å².